The maximum absolute atomic E-state index is 3.60. The molecule has 3 aromatic rings. The Hall–Kier alpha value is -2.56. The Labute approximate surface area is 140 Å². The summed E-state index contributed by atoms with van der Waals surface area (Å²) in [4.78, 5) is 0. The Morgan fingerprint density at radius 1 is 0.609 bits per heavy atom. The van der Waals surface area contributed by atoms with Gasteiger partial charge in [0.25, 0.3) is 0 Å². The molecule has 0 heterocycles. The highest BCUT2D eigenvalue weighted by Crippen LogP contribution is 2.02. The first-order chi connectivity index (χ1) is 11.3. The molecular weight excluding hydrogens is 292 g/mol. The van der Waals surface area contributed by atoms with E-state index in [1.807, 2.05) is 18.2 Å². The Kier molecular flexibility index (Phi) is 4.76. The largest absolute Gasteiger partial charge is 0.214 e. The van der Waals surface area contributed by atoms with Crippen LogP contribution in [0.25, 0.3) is 0 Å². The van der Waals surface area contributed by atoms with Gasteiger partial charge in [-0.3, -0.25) is 0 Å². The van der Waals surface area contributed by atoms with E-state index in [4.69, 9.17) is 0 Å². The number of hydrogen-bond donors (Lipinski definition) is 0. The van der Waals surface area contributed by atoms with Crippen LogP contribution < -0.4 is 10.4 Å². The van der Waals surface area contributed by atoms with E-state index in [-0.39, 0.29) is 0 Å². The van der Waals surface area contributed by atoms with Crippen LogP contribution in [-0.2, 0) is 0 Å². The molecule has 0 N–H and O–H groups in total. The third kappa shape index (κ3) is 3.61. The van der Waals surface area contributed by atoms with Crippen LogP contribution in [0.3, 0.4) is 0 Å². The van der Waals surface area contributed by atoms with Gasteiger partial charge in [0.15, 0.2) is 0 Å². The number of rotatable bonds is 2. The van der Waals surface area contributed by atoms with E-state index in [9.17, 15) is 0 Å². The lowest BCUT2D eigenvalue weighted by atomic mass is 10.2. The average molecular weight is 311 g/mol. The SMILES string of the molecule is Cc1ccccc1[Si](C#Cc1ccccc1)c1ccccc1C. The predicted molar refractivity (Wildman–Crippen MR) is 101 cm³/mol. The third-order valence-electron chi connectivity index (χ3n) is 3.93. The maximum Gasteiger partial charge on any atom is 0.214 e. The molecule has 1 heteroatoms. The highest BCUT2D eigenvalue weighted by molar-refractivity contribution is 6.92. The van der Waals surface area contributed by atoms with Crippen molar-refractivity contribution in [1.29, 1.82) is 0 Å². The van der Waals surface area contributed by atoms with E-state index in [0.29, 0.717) is 0 Å². The van der Waals surface area contributed by atoms with Crippen molar-refractivity contribution in [1.82, 2.24) is 0 Å². The second-order valence-corrected chi connectivity index (χ2v) is 7.70. The quantitative estimate of drug-likeness (QED) is 0.502. The van der Waals surface area contributed by atoms with Crippen LogP contribution in [0.4, 0.5) is 0 Å². The van der Waals surface area contributed by atoms with Gasteiger partial charge in [-0.15, -0.1) is 5.54 Å². The van der Waals surface area contributed by atoms with Crippen molar-refractivity contribution in [3.63, 3.8) is 0 Å². The highest BCUT2D eigenvalue weighted by Gasteiger charge is 2.18. The summed E-state index contributed by atoms with van der Waals surface area (Å²) in [7, 11) is -1.12. The molecule has 0 aliphatic rings. The number of hydrogen-bond acceptors (Lipinski definition) is 0. The van der Waals surface area contributed by atoms with Gasteiger partial charge in [0, 0.05) is 5.56 Å². The topological polar surface area (TPSA) is 0 Å². The molecule has 0 amide bonds. The van der Waals surface area contributed by atoms with Crippen LogP contribution in [-0.4, -0.2) is 8.80 Å². The van der Waals surface area contributed by atoms with E-state index >= 15 is 0 Å². The smallest absolute Gasteiger partial charge is 0.116 e. The van der Waals surface area contributed by atoms with Crippen molar-refractivity contribution >= 4 is 19.2 Å². The van der Waals surface area contributed by atoms with Gasteiger partial charge < -0.3 is 0 Å². The Balaban J connectivity index is 2.10. The zero-order chi connectivity index (χ0) is 16.1. The number of benzene rings is 3. The van der Waals surface area contributed by atoms with Crippen molar-refractivity contribution in [2.45, 2.75) is 13.8 Å². The lowest BCUT2D eigenvalue weighted by Crippen LogP contribution is -2.43. The Bertz CT molecular complexity index is 808. The van der Waals surface area contributed by atoms with Crippen molar-refractivity contribution in [2.75, 3.05) is 0 Å². The van der Waals surface area contributed by atoms with Gasteiger partial charge in [-0.25, -0.2) is 0 Å². The average Bonchev–Trinajstić information content (AvgIpc) is 2.59. The van der Waals surface area contributed by atoms with Crippen LogP contribution in [0.5, 0.6) is 0 Å². The number of aryl methyl sites for hydroxylation is 2. The summed E-state index contributed by atoms with van der Waals surface area (Å²) in [5, 5.41) is 2.77. The summed E-state index contributed by atoms with van der Waals surface area (Å²) < 4.78 is 0. The molecule has 0 spiro atoms. The summed E-state index contributed by atoms with van der Waals surface area (Å²) in [5.41, 5.74) is 7.33. The predicted octanol–water partition coefficient (Wildman–Crippen LogP) is 3.50. The minimum atomic E-state index is -1.12. The molecule has 0 bridgehead atoms. The van der Waals surface area contributed by atoms with E-state index in [1.54, 1.807) is 0 Å². The molecular formula is C22H19Si. The molecule has 111 valence electrons. The minimum absolute atomic E-state index is 1.08. The zero-order valence-electron chi connectivity index (χ0n) is 13.5. The first-order valence-electron chi connectivity index (χ1n) is 7.82. The molecule has 0 aromatic heterocycles. The van der Waals surface area contributed by atoms with Gasteiger partial charge in [-0.05, 0) is 36.4 Å². The lowest BCUT2D eigenvalue weighted by molar-refractivity contribution is 1.49. The second-order valence-electron chi connectivity index (χ2n) is 5.62. The van der Waals surface area contributed by atoms with Gasteiger partial charge in [-0.1, -0.05) is 83.8 Å². The third-order valence-corrected chi connectivity index (χ3v) is 6.51. The summed E-state index contributed by atoms with van der Waals surface area (Å²) in [6.45, 7) is 4.37. The summed E-state index contributed by atoms with van der Waals surface area (Å²) >= 11 is 0. The van der Waals surface area contributed by atoms with Crippen LogP contribution in [0.1, 0.15) is 16.7 Å². The molecule has 23 heavy (non-hydrogen) atoms. The Morgan fingerprint density at radius 3 is 1.61 bits per heavy atom. The monoisotopic (exact) mass is 311 g/mol. The molecule has 0 fully saturated rings. The van der Waals surface area contributed by atoms with E-state index < -0.39 is 8.80 Å². The molecule has 0 nitrogen and oxygen atoms in total. The molecule has 0 atom stereocenters. The normalized spacial score (nSPS) is 10.2. The van der Waals surface area contributed by atoms with Crippen LogP contribution >= 0.6 is 0 Å². The molecule has 0 saturated heterocycles. The van der Waals surface area contributed by atoms with Crippen molar-refractivity contribution in [2.24, 2.45) is 0 Å². The first-order valence-corrected chi connectivity index (χ1v) is 9.32. The lowest BCUT2D eigenvalue weighted by Gasteiger charge is -2.14. The molecule has 0 aliphatic carbocycles. The molecule has 0 aliphatic heterocycles. The van der Waals surface area contributed by atoms with Gasteiger partial charge in [-0.2, -0.15) is 0 Å². The van der Waals surface area contributed by atoms with Crippen LogP contribution in [0.2, 0.25) is 0 Å². The van der Waals surface area contributed by atoms with Crippen molar-refractivity contribution in [3.05, 3.63) is 95.6 Å². The molecule has 1 radical (unpaired) electrons. The van der Waals surface area contributed by atoms with Gasteiger partial charge in [0.2, 0.25) is 8.80 Å². The fourth-order valence-corrected chi connectivity index (χ4v) is 4.95. The fraction of sp³-hybridized carbons (Fsp3) is 0.0909. The van der Waals surface area contributed by atoms with Gasteiger partial charge >= 0.3 is 0 Å². The highest BCUT2D eigenvalue weighted by atomic mass is 28.3. The molecule has 3 aromatic carbocycles. The van der Waals surface area contributed by atoms with E-state index in [2.05, 4.69) is 86.0 Å². The van der Waals surface area contributed by atoms with Crippen molar-refractivity contribution in [3.8, 4) is 11.5 Å². The zero-order valence-corrected chi connectivity index (χ0v) is 14.5. The van der Waals surface area contributed by atoms with Gasteiger partial charge in [0.05, 0.1) is 0 Å². The van der Waals surface area contributed by atoms with Crippen molar-refractivity contribution < 1.29 is 0 Å². The summed E-state index contributed by atoms with van der Waals surface area (Å²) in [6.07, 6.45) is 0. The van der Waals surface area contributed by atoms with Crippen LogP contribution in [0, 0.1) is 25.3 Å². The van der Waals surface area contributed by atoms with Crippen LogP contribution in [0.15, 0.2) is 78.9 Å². The first kappa shape index (κ1) is 15.3. The molecule has 0 saturated carbocycles. The summed E-state index contributed by atoms with van der Waals surface area (Å²) in [5.74, 6) is 3.39. The van der Waals surface area contributed by atoms with Gasteiger partial charge in [0.1, 0.15) is 0 Å². The second kappa shape index (κ2) is 7.13. The standard InChI is InChI=1S/C22H19Si/c1-18-10-6-8-14-21(18)23(22-15-9-7-11-19(22)2)17-16-20-12-4-3-5-13-20/h3-15H,1-2H3. The maximum atomic E-state index is 3.60. The van der Waals surface area contributed by atoms with E-state index in [1.165, 1.54) is 21.5 Å². The fourth-order valence-electron chi connectivity index (χ4n) is 2.64. The Morgan fingerprint density at radius 2 is 1.09 bits per heavy atom. The molecule has 3 rings (SSSR count). The minimum Gasteiger partial charge on any atom is -0.116 e. The van der Waals surface area contributed by atoms with E-state index in [0.717, 1.165) is 5.56 Å². The molecule has 0 unspecified atom stereocenters. The summed E-state index contributed by atoms with van der Waals surface area (Å²) in [6, 6.07) is 27.5.